The normalized spacial score (nSPS) is 11.3. The molecule has 0 spiro atoms. The predicted molar refractivity (Wildman–Crippen MR) is 89.6 cm³/mol. The molecule has 2 aromatic rings. The molecule has 1 atom stereocenters. The third-order valence-corrected chi connectivity index (χ3v) is 3.63. The molecule has 2 rings (SSSR count). The molecule has 0 saturated carbocycles. The van der Waals surface area contributed by atoms with E-state index in [4.69, 9.17) is 21.1 Å². The van der Waals surface area contributed by atoms with E-state index >= 15 is 0 Å². The first-order valence-electron chi connectivity index (χ1n) is 6.80. The van der Waals surface area contributed by atoms with Gasteiger partial charge in [-0.05, 0) is 30.7 Å². The maximum atomic E-state index is 12.7. The van der Waals surface area contributed by atoms with Gasteiger partial charge in [0.15, 0.2) is 0 Å². The van der Waals surface area contributed by atoms with Gasteiger partial charge >= 0.3 is 11.9 Å². The first kappa shape index (κ1) is 19.3. The van der Waals surface area contributed by atoms with Crippen molar-refractivity contribution in [1.29, 1.82) is 0 Å². The molecule has 0 heterocycles. The number of nitrogens with zero attached hydrogens (tertiary/aromatic N) is 1. The van der Waals surface area contributed by atoms with Crippen molar-refractivity contribution >= 4 is 26.5 Å². The van der Waals surface area contributed by atoms with Gasteiger partial charge in [0.05, 0.1) is 15.5 Å². The maximum Gasteiger partial charge on any atom is 0.416 e. The lowest BCUT2D eigenvalue weighted by molar-refractivity contribution is -0.385. The van der Waals surface area contributed by atoms with Crippen molar-refractivity contribution in [1.82, 2.24) is 0 Å². The van der Waals surface area contributed by atoms with Crippen LogP contribution in [-0.2, 0) is 6.18 Å². The van der Waals surface area contributed by atoms with Crippen LogP contribution in [0.5, 0.6) is 17.2 Å². The van der Waals surface area contributed by atoms with Crippen LogP contribution in [0.1, 0.15) is 11.1 Å². The standard InChI is InChI=1S/C15H12ClF3NO4P/c1-8-4-11(20(21)22)14(23-7-25)6-13(8)24-12-3-2-9(5-10(12)16)15(17,18)19/h2-6H,7,25H2,1H3. The highest BCUT2D eigenvalue weighted by Gasteiger charge is 2.31. The van der Waals surface area contributed by atoms with E-state index in [2.05, 4.69) is 9.24 Å². The van der Waals surface area contributed by atoms with Gasteiger partial charge in [0.2, 0.25) is 5.75 Å². The van der Waals surface area contributed by atoms with E-state index in [9.17, 15) is 23.3 Å². The first-order valence-corrected chi connectivity index (χ1v) is 7.99. The fourth-order valence-corrected chi connectivity index (χ4v) is 2.39. The molecular formula is C15H12ClF3NO4P. The van der Waals surface area contributed by atoms with Crippen LogP contribution in [0.3, 0.4) is 0 Å². The van der Waals surface area contributed by atoms with Crippen LogP contribution >= 0.6 is 20.8 Å². The SMILES string of the molecule is Cc1cc([N+](=O)[O-])c(OCP)cc1Oc1ccc(C(F)(F)F)cc1Cl. The summed E-state index contributed by atoms with van der Waals surface area (Å²) < 4.78 is 48.7. The fraction of sp³-hybridized carbons (Fsp3) is 0.200. The Morgan fingerprint density at radius 3 is 2.40 bits per heavy atom. The summed E-state index contributed by atoms with van der Waals surface area (Å²) in [6.45, 7) is 1.56. The van der Waals surface area contributed by atoms with Crippen LogP contribution in [0.4, 0.5) is 18.9 Å². The highest BCUT2D eigenvalue weighted by Crippen LogP contribution is 2.40. The highest BCUT2D eigenvalue weighted by atomic mass is 35.5. The third kappa shape index (κ3) is 4.52. The lowest BCUT2D eigenvalue weighted by atomic mass is 10.1. The molecule has 0 aliphatic heterocycles. The highest BCUT2D eigenvalue weighted by molar-refractivity contribution is 7.16. The second-order valence-corrected chi connectivity index (χ2v) is 5.64. The van der Waals surface area contributed by atoms with E-state index in [0.717, 1.165) is 18.2 Å². The van der Waals surface area contributed by atoms with Crippen molar-refractivity contribution in [2.75, 3.05) is 6.35 Å². The summed E-state index contributed by atoms with van der Waals surface area (Å²) in [7, 11) is 2.26. The van der Waals surface area contributed by atoms with Crippen LogP contribution in [0.15, 0.2) is 30.3 Å². The Morgan fingerprint density at radius 1 is 1.20 bits per heavy atom. The molecule has 0 aromatic heterocycles. The van der Waals surface area contributed by atoms with Gasteiger partial charge in [-0.1, -0.05) is 20.8 Å². The number of alkyl halides is 3. The second-order valence-electron chi connectivity index (χ2n) is 4.90. The van der Waals surface area contributed by atoms with Crippen molar-refractivity contribution in [3.8, 4) is 17.2 Å². The Bertz CT molecular complexity index is 814. The van der Waals surface area contributed by atoms with Crippen molar-refractivity contribution in [2.45, 2.75) is 13.1 Å². The summed E-state index contributed by atoms with van der Waals surface area (Å²) in [5, 5.41) is 10.8. The zero-order valence-electron chi connectivity index (χ0n) is 12.8. The number of rotatable bonds is 5. The fourth-order valence-electron chi connectivity index (χ4n) is 1.99. The molecule has 0 bridgehead atoms. The van der Waals surface area contributed by atoms with Gasteiger partial charge in [-0.25, -0.2) is 0 Å². The summed E-state index contributed by atoms with van der Waals surface area (Å²) >= 11 is 5.85. The lowest BCUT2D eigenvalue weighted by Gasteiger charge is -2.14. The Kier molecular flexibility index (Phi) is 5.75. The Hall–Kier alpha value is -2.05. The number of aryl methyl sites for hydroxylation is 1. The van der Waals surface area contributed by atoms with Gasteiger partial charge in [0.1, 0.15) is 17.8 Å². The molecule has 0 saturated heterocycles. The van der Waals surface area contributed by atoms with Crippen LogP contribution in [0, 0.1) is 17.0 Å². The molecule has 134 valence electrons. The predicted octanol–water partition coefficient (Wildman–Crippen LogP) is 5.58. The molecule has 0 aliphatic carbocycles. The van der Waals surface area contributed by atoms with Gasteiger partial charge in [-0.2, -0.15) is 13.2 Å². The van der Waals surface area contributed by atoms with E-state index in [1.165, 1.54) is 12.1 Å². The van der Waals surface area contributed by atoms with Crippen molar-refractivity contribution in [3.05, 3.63) is 56.6 Å². The number of hydrogen-bond acceptors (Lipinski definition) is 4. The maximum absolute atomic E-state index is 12.7. The summed E-state index contributed by atoms with van der Waals surface area (Å²) in [6.07, 6.45) is -4.41. The summed E-state index contributed by atoms with van der Waals surface area (Å²) in [5.41, 5.74) is -0.748. The van der Waals surface area contributed by atoms with Crippen molar-refractivity contribution in [3.63, 3.8) is 0 Å². The van der Waals surface area contributed by atoms with Gasteiger partial charge in [0.25, 0.3) is 0 Å². The topological polar surface area (TPSA) is 61.6 Å². The largest absolute Gasteiger partial charge is 0.483 e. The number of benzene rings is 2. The monoisotopic (exact) mass is 393 g/mol. The van der Waals surface area contributed by atoms with E-state index in [-0.39, 0.29) is 34.3 Å². The smallest absolute Gasteiger partial charge is 0.416 e. The Morgan fingerprint density at radius 2 is 1.88 bits per heavy atom. The minimum absolute atomic E-state index is 0.0107. The van der Waals surface area contributed by atoms with E-state index in [0.29, 0.717) is 5.56 Å². The van der Waals surface area contributed by atoms with Gasteiger partial charge < -0.3 is 9.47 Å². The number of nitro groups is 1. The first-order chi connectivity index (χ1) is 11.6. The molecule has 0 N–H and O–H groups in total. The number of hydrogen-bond donors (Lipinski definition) is 0. The van der Waals surface area contributed by atoms with Gasteiger partial charge in [-0.15, -0.1) is 0 Å². The Labute approximate surface area is 148 Å². The number of halogens is 4. The molecule has 0 aliphatic rings. The van der Waals surface area contributed by atoms with Crippen LogP contribution < -0.4 is 9.47 Å². The molecule has 0 fully saturated rings. The van der Waals surface area contributed by atoms with Crippen molar-refractivity contribution < 1.29 is 27.6 Å². The average Bonchev–Trinajstić information content (AvgIpc) is 2.51. The zero-order valence-corrected chi connectivity index (χ0v) is 14.7. The van der Waals surface area contributed by atoms with Crippen LogP contribution in [0.2, 0.25) is 5.02 Å². The molecule has 2 aromatic carbocycles. The summed E-state index contributed by atoms with van der Waals surface area (Å²) in [5.74, 6) is 0.146. The van der Waals surface area contributed by atoms with E-state index < -0.39 is 16.7 Å². The van der Waals surface area contributed by atoms with E-state index in [1.54, 1.807) is 6.92 Å². The lowest BCUT2D eigenvalue weighted by Crippen LogP contribution is -2.04. The van der Waals surface area contributed by atoms with Gasteiger partial charge in [-0.3, -0.25) is 10.1 Å². The quantitative estimate of drug-likeness (QED) is 0.378. The van der Waals surface area contributed by atoms with Gasteiger partial charge in [0, 0.05) is 12.1 Å². The second kappa shape index (κ2) is 7.45. The van der Waals surface area contributed by atoms with Crippen LogP contribution in [-0.4, -0.2) is 11.3 Å². The minimum atomic E-state index is -4.52. The Balaban J connectivity index is 2.40. The summed E-state index contributed by atoms with van der Waals surface area (Å²) in [6, 6.07) is 5.22. The third-order valence-electron chi connectivity index (χ3n) is 3.17. The molecule has 25 heavy (non-hydrogen) atoms. The van der Waals surface area contributed by atoms with Crippen molar-refractivity contribution in [2.24, 2.45) is 0 Å². The average molecular weight is 394 g/mol. The number of nitro benzene ring substituents is 1. The minimum Gasteiger partial charge on any atom is -0.483 e. The van der Waals surface area contributed by atoms with Crippen LogP contribution in [0.25, 0.3) is 0 Å². The summed E-state index contributed by atoms with van der Waals surface area (Å²) in [4.78, 5) is 10.5. The molecule has 0 amide bonds. The molecule has 1 unspecified atom stereocenters. The molecule has 5 nitrogen and oxygen atoms in total. The molecule has 0 radical (unpaired) electrons. The molecular weight excluding hydrogens is 382 g/mol. The van der Waals surface area contributed by atoms with E-state index in [1.807, 2.05) is 0 Å². The number of ether oxygens (including phenoxy) is 2. The molecule has 10 heteroatoms. The zero-order chi connectivity index (χ0) is 18.8.